The van der Waals surface area contributed by atoms with Gasteiger partial charge in [0.05, 0.1) is 22.7 Å². The van der Waals surface area contributed by atoms with E-state index in [0.717, 1.165) is 0 Å². The summed E-state index contributed by atoms with van der Waals surface area (Å²) in [5.41, 5.74) is 0.401. The van der Waals surface area contributed by atoms with Crippen LogP contribution in [0.2, 0.25) is 5.02 Å². The van der Waals surface area contributed by atoms with E-state index in [0.29, 0.717) is 11.3 Å². The van der Waals surface area contributed by atoms with Crippen LogP contribution >= 0.6 is 11.6 Å². The molecule has 1 heterocycles. The number of hydrogen-bond acceptors (Lipinski definition) is 7. The molecule has 1 N–H and O–H groups in total. The lowest BCUT2D eigenvalue weighted by molar-refractivity contribution is -0.384. The number of benzene rings is 2. The van der Waals surface area contributed by atoms with Crippen LogP contribution in [0, 0.1) is 21.4 Å². The molecule has 9 nitrogen and oxygen atoms in total. The van der Waals surface area contributed by atoms with Crippen molar-refractivity contribution in [3.05, 3.63) is 86.6 Å². The zero-order valence-corrected chi connectivity index (χ0v) is 18.0. The molecule has 0 saturated heterocycles. The number of anilines is 1. The van der Waals surface area contributed by atoms with Gasteiger partial charge in [0, 0.05) is 22.9 Å². The van der Waals surface area contributed by atoms with E-state index in [1.807, 2.05) is 0 Å². The molecule has 0 unspecified atom stereocenters. The molecule has 33 heavy (non-hydrogen) atoms. The van der Waals surface area contributed by atoms with Gasteiger partial charge < -0.3 is 14.5 Å². The van der Waals surface area contributed by atoms with Gasteiger partial charge in [-0.25, -0.2) is 4.79 Å². The number of nitriles is 1. The number of rotatable bonds is 7. The van der Waals surface area contributed by atoms with E-state index >= 15 is 0 Å². The van der Waals surface area contributed by atoms with Crippen LogP contribution in [-0.2, 0) is 9.53 Å². The van der Waals surface area contributed by atoms with Gasteiger partial charge in [-0.3, -0.25) is 14.9 Å². The highest BCUT2D eigenvalue weighted by molar-refractivity contribution is 6.30. The second-order valence-electron chi connectivity index (χ2n) is 6.54. The Bertz CT molecular complexity index is 1290. The van der Waals surface area contributed by atoms with Crippen molar-refractivity contribution in [1.29, 1.82) is 5.26 Å². The number of ether oxygens (including phenoxy) is 1. The molecule has 1 amide bonds. The largest absolute Gasteiger partial charge is 0.462 e. The van der Waals surface area contributed by atoms with Gasteiger partial charge in [0.2, 0.25) is 0 Å². The molecule has 0 spiro atoms. The van der Waals surface area contributed by atoms with Crippen LogP contribution in [0.15, 0.2) is 64.6 Å². The molecule has 10 heteroatoms. The van der Waals surface area contributed by atoms with Gasteiger partial charge in [-0.2, -0.15) is 5.26 Å². The number of nitro benzene ring substituents is 1. The highest BCUT2D eigenvalue weighted by Crippen LogP contribution is 2.33. The summed E-state index contributed by atoms with van der Waals surface area (Å²) < 4.78 is 10.5. The summed E-state index contributed by atoms with van der Waals surface area (Å²) in [5.74, 6) is -0.852. The fraction of sp³-hybridized carbons (Fsp3) is 0.0870. The van der Waals surface area contributed by atoms with Crippen LogP contribution in [0.3, 0.4) is 0 Å². The lowest BCUT2D eigenvalue weighted by Crippen LogP contribution is -2.13. The molecule has 0 aliphatic heterocycles. The molecule has 0 aliphatic rings. The van der Waals surface area contributed by atoms with Gasteiger partial charge >= 0.3 is 5.97 Å². The zero-order valence-electron chi connectivity index (χ0n) is 17.2. The summed E-state index contributed by atoms with van der Waals surface area (Å²) in [4.78, 5) is 34.9. The SMILES string of the molecule is CCOC(=O)c1ccc(NC(=O)/C(C#N)=C/c2ccc(-c3ccc(Cl)cc3[N+](=O)[O-])o2)cc1. The predicted octanol–water partition coefficient (Wildman–Crippen LogP) is 5.23. The average Bonchev–Trinajstić information content (AvgIpc) is 3.26. The minimum absolute atomic E-state index is 0.151. The summed E-state index contributed by atoms with van der Waals surface area (Å²) in [7, 11) is 0. The third-order valence-electron chi connectivity index (χ3n) is 4.35. The Labute approximate surface area is 193 Å². The first-order chi connectivity index (χ1) is 15.8. The van der Waals surface area contributed by atoms with Crippen molar-refractivity contribution < 1.29 is 23.7 Å². The third-order valence-corrected chi connectivity index (χ3v) is 4.59. The Morgan fingerprint density at radius 1 is 1.21 bits per heavy atom. The van der Waals surface area contributed by atoms with Crippen molar-refractivity contribution in [2.45, 2.75) is 6.92 Å². The third kappa shape index (κ3) is 5.64. The van der Waals surface area contributed by atoms with E-state index in [1.54, 1.807) is 13.0 Å². The summed E-state index contributed by atoms with van der Waals surface area (Å²) >= 11 is 5.83. The highest BCUT2D eigenvalue weighted by Gasteiger charge is 2.19. The molecular weight excluding hydrogens is 450 g/mol. The normalized spacial score (nSPS) is 10.9. The molecule has 0 fully saturated rings. The number of halogens is 1. The van der Waals surface area contributed by atoms with Crippen molar-refractivity contribution >= 4 is 40.9 Å². The quantitative estimate of drug-likeness (QED) is 0.166. The Kier molecular flexibility index (Phi) is 7.23. The van der Waals surface area contributed by atoms with Crippen LogP contribution in [0.5, 0.6) is 0 Å². The molecule has 2 aromatic carbocycles. The number of esters is 1. The number of amides is 1. The lowest BCUT2D eigenvalue weighted by atomic mass is 10.1. The Morgan fingerprint density at radius 3 is 2.58 bits per heavy atom. The number of carbonyl (C=O) groups excluding carboxylic acids is 2. The second-order valence-corrected chi connectivity index (χ2v) is 6.98. The molecule has 0 aliphatic carbocycles. The summed E-state index contributed by atoms with van der Waals surface area (Å²) in [6, 6.07) is 14.9. The van der Waals surface area contributed by atoms with Crippen molar-refractivity contribution in [2.24, 2.45) is 0 Å². The molecule has 0 bridgehead atoms. The van der Waals surface area contributed by atoms with Gasteiger partial charge in [0.25, 0.3) is 11.6 Å². The second kappa shape index (κ2) is 10.3. The van der Waals surface area contributed by atoms with E-state index in [2.05, 4.69) is 5.32 Å². The van der Waals surface area contributed by atoms with E-state index in [1.165, 1.54) is 60.7 Å². The molecular formula is C23H16ClN3O6. The number of nitrogens with zero attached hydrogens (tertiary/aromatic N) is 2. The Hall–Kier alpha value is -4.42. The fourth-order valence-electron chi connectivity index (χ4n) is 2.83. The van der Waals surface area contributed by atoms with Gasteiger partial charge in [0.15, 0.2) is 0 Å². The van der Waals surface area contributed by atoms with E-state index in [-0.39, 0.29) is 40.0 Å². The summed E-state index contributed by atoms with van der Waals surface area (Å²) in [6.07, 6.45) is 1.22. The van der Waals surface area contributed by atoms with E-state index in [9.17, 15) is 25.0 Å². The standard InChI is InChI=1S/C23H16ClN3O6/c1-2-32-23(29)14-3-6-17(7-4-14)26-22(28)15(13-25)11-18-8-10-21(33-18)19-9-5-16(24)12-20(19)27(30)31/h3-12H,2H2,1H3,(H,26,28)/b15-11+. The first kappa shape index (κ1) is 23.2. The van der Waals surface area contributed by atoms with Gasteiger partial charge in [-0.05, 0) is 55.5 Å². The molecule has 0 saturated carbocycles. The molecule has 166 valence electrons. The van der Waals surface area contributed by atoms with Crippen LogP contribution in [0.4, 0.5) is 11.4 Å². The van der Waals surface area contributed by atoms with Crippen LogP contribution in [0.1, 0.15) is 23.0 Å². The zero-order chi connectivity index (χ0) is 24.0. The molecule has 0 atom stereocenters. The van der Waals surface area contributed by atoms with Gasteiger partial charge in [-0.15, -0.1) is 0 Å². The number of furan rings is 1. The van der Waals surface area contributed by atoms with E-state index < -0.39 is 16.8 Å². The topological polar surface area (TPSA) is 135 Å². The molecule has 1 aromatic heterocycles. The summed E-state index contributed by atoms with van der Waals surface area (Å²) in [6.45, 7) is 1.94. The van der Waals surface area contributed by atoms with E-state index in [4.69, 9.17) is 20.8 Å². The minimum atomic E-state index is -0.697. The molecule has 3 rings (SSSR count). The van der Waals surface area contributed by atoms with Crippen molar-refractivity contribution in [2.75, 3.05) is 11.9 Å². The van der Waals surface area contributed by atoms with Crippen LogP contribution in [0.25, 0.3) is 17.4 Å². The maximum absolute atomic E-state index is 12.5. The Morgan fingerprint density at radius 2 is 1.94 bits per heavy atom. The number of hydrogen-bond donors (Lipinski definition) is 1. The minimum Gasteiger partial charge on any atom is -0.462 e. The maximum atomic E-state index is 12.5. The van der Waals surface area contributed by atoms with Crippen molar-refractivity contribution in [3.8, 4) is 17.4 Å². The monoisotopic (exact) mass is 465 g/mol. The smallest absolute Gasteiger partial charge is 0.338 e. The number of nitrogens with one attached hydrogen (secondary N) is 1. The number of nitro groups is 1. The number of carbonyl (C=O) groups is 2. The van der Waals surface area contributed by atoms with Crippen molar-refractivity contribution in [3.63, 3.8) is 0 Å². The fourth-order valence-corrected chi connectivity index (χ4v) is 3.00. The van der Waals surface area contributed by atoms with Crippen LogP contribution in [-0.4, -0.2) is 23.4 Å². The van der Waals surface area contributed by atoms with Crippen LogP contribution < -0.4 is 5.32 Å². The molecule has 0 radical (unpaired) electrons. The first-order valence-electron chi connectivity index (χ1n) is 9.57. The maximum Gasteiger partial charge on any atom is 0.338 e. The first-order valence-corrected chi connectivity index (χ1v) is 9.94. The average molecular weight is 466 g/mol. The lowest BCUT2D eigenvalue weighted by Gasteiger charge is -2.06. The predicted molar refractivity (Wildman–Crippen MR) is 120 cm³/mol. The van der Waals surface area contributed by atoms with Gasteiger partial charge in [-0.1, -0.05) is 11.6 Å². The van der Waals surface area contributed by atoms with Gasteiger partial charge in [0.1, 0.15) is 23.2 Å². The Balaban J connectivity index is 1.79. The molecule has 3 aromatic rings. The summed E-state index contributed by atoms with van der Waals surface area (Å²) in [5, 5.41) is 23.5. The highest BCUT2D eigenvalue weighted by atomic mass is 35.5. The van der Waals surface area contributed by atoms with Crippen molar-refractivity contribution in [1.82, 2.24) is 0 Å².